The lowest BCUT2D eigenvalue weighted by Crippen LogP contribution is -2.48. The summed E-state index contributed by atoms with van der Waals surface area (Å²) in [4.78, 5) is 0. The van der Waals surface area contributed by atoms with E-state index >= 15 is 0 Å². The van der Waals surface area contributed by atoms with E-state index in [2.05, 4.69) is 45.5 Å². The first-order valence-electron chi connectivity index (χ1n) is 6.84. The van der Waals surface area contributed by atoms with E-state index in [0.717, 1.165) is 30.8 Å². The van der Waals surface area contributed by atoms with Crippen LogP contribution in [0.1, 0.15) is 30.7 Å². The summed E-state index contributed by atoms with van der Waals surface area (Å²) < 4.78 is 6.96. The monoisotopic (exact) mass is 309 g/mol. The first kappa shape index (κ1) is 12.6. The number of halogens is 1. The zero-order valence-corrected chi connectivity index (χ0v) is 12.2. The molecule has 18 heavy (non-hydrogen) atoms. The van der Waals surface area contributed by atoms with Crippen LogP contribution in [0, 0.1) is 5.41 Å². The van der Waals surface area contributed by atoms with Gasteiger partial charge in [-0.1, -0.05) is 28.1 Å². The molecule has 0 bridgehead atoms. The van der Waals surface area contributed by atoms with Gasteiger partial charge in [0.2, 0.25) is 0 Å². The predicted octanol–water partition coefficient (Wildman–Crippen LogP) is 3.32. The molecule has 3 rings (SSSR count). The van der Waals surface area contributed by atoms with Crippen LogP contribution in [0.25, 0.3) is 0 Å². The molecule has 0 radical (unpaired) electrons. The van der Waals surface area contributed by atoms with Crippen molar-refractivity contribution in [2.75, 3.05) is 26.3 Å². The van der Waals surface area contributed by atoms with E-state index in [1.165, 1.54) is 24.8 Å². The van der Waals surface area contributed by atoms with E-state index in [4.69, 9.17) is 4.74 Å². The van der Waals surface area contributed by atoms with E-state index in [1.54, 1.807) is 0 Å². The third-order valence-electron chi connectivity index (χ3n) is 4.51. The van der Waals surface area contributed by atoms with E-state index in [0.29, 0.717) is 11.3 Å². The molecule has 2 aliphatic rings. The molecular weight excluding hydrogens is 290 g/mol. The third-order valence-corrected chi connectivity index (χ3v) is 5.04. The lowest BCUT2D eigenvalue weighted by atomic mass is 9.65. The fraction of sp³-hybridized carbons (Fsp3) is 0.600. The standard InChI is InChI=1S/C15H20BrNO/c16-13-4-2-12(3-5-13)14-10-17-8-7-15(14)6-1-9-18-11-15/h2-5,14,17H,1,6-11H2. The van der Waals surface area contributed by atoms with Gasteiger partial charge in [0.1, 0.15) is 0 Å². The van der Waals surface area contributed by atoms with E-state index < -0.39 is 0 Å². The van der Waals surface area contributed by atoms with Crippen LogP contribution in [0.2, 0.25) is 0 Å². The molecule has 1 aromatic rings. The van der Waals surface area contributed by atoms with E-state index in [1.807, 2.05) is 0 Å². The number of rotatable bonds is 1. The average Bonchev–Trinajstić information content (AvgIpc) is 2.42. The molecule has 0 saturated carbocycles. The molecule has 0 aromatic heterocycles. The predicted molar refractivity (Wildman–Crippen MR) is 76.9 cm³/mol. The quantitative estimate of drug-likeness (QED) is 0.859. The molecule has 1 aromatic carbocycles. The van der Waals surface area contributed by atoms with Crippen LogP contribution in [0.15, 0.2) is 28.7 Å². The highest BCUT2D eigenvalue weighted by atomic mass is 79.9. The minimum atomic E-state index is 0.372. The Morgan fingerprint density at radius 1 is 1.22 bits per heavy atom. The summed E-state index contributed by atoms with van der Waals surface area (Å²) in [6.07, 6.45) is 3.77. The molecule has 0 aliphatic carbocycles. The number of hydrogen-bond acceptors (Lipinski definition) is 2. The molecule has 1 N–H and O–H groups in total. The van der Waals surface area contributed by atoms with Crippen molar-refractivity contribution in [1.29, 1.82) is 0 Å². The number of hydrogen-bond donors (Lipinski definition) is 1. The lowest BCUT2D eigenvalue weighted by molar-refractivity contribution is -0.0369. The maximum absolute atomic E-state index is 5.80. The summed E-state index contributed by atoms with van der Waals surface area (Å²) in [5, 5.41) is 3.55. The Hall–Kier alpha value is -0.380. The summed E-state index contributed by atoms with van der Waals surface area (Å²) >= 11 is 3.52. The SMILES string of the molecule is Brc1ccc(C2CNCCC23CCCOC3)cc1. The van der Waals surface area contributed by atoms with Crippen LogP contribution in [-0.4, -0.2) is 26.3 Å². The van der Waals surface area contributed by atoms with Crippen LogP contribution in [-0.2, 0) is 4.74 Å². The van der Waals surface area contributed by atoms with Crippen molar-refractivity contribution in [2.24, 2.45) is 5.41 Å². The smallest absolute Gasteiger partial charge is 0.0529 e. The summed E-state index contributed by atoms with van der Waals surface area (Å²) in [6.45, 7) is 4.11. The average molecular weight is 310 g/mol. The molecule has 2 heterocycles. The molecule has 2 nitrogen and oxygen atoms in total. The maximum atomic E-state index is 5.80. The second-order valence-corrected chi connectivity index (χ2v) is 6.49. The van der Waals surface area contributed by atoms with Crippen molar-refractivity contribution >= 4 is 15.9 Å². The van der Waals surface area contributed by atoms with Gasteiger partial charge in [0.15, 0.2) is 0 Å². The minimum absolute atomic E-state index is 0.372. The highest BCUT2D eigenvalue weighted by molar-refractivity contribution is 9.10. The van der Waals surface area contributed by atoms with Crippen LogP contribution in [0.4, 0.5) is 0 Å². The molecule has 2 saturated heterocycles. The van der Waals surface area contributed by atoms with Crippen molar-refractivity contribution in [3.8, 4) is 0 Å². The van der Waals surface area contributed by atoms with E-state index in [9.17, 15) is 0 Å². The Morgan fingerprint density at radius 2 is 2.06 bits per heavy atom. The summed E-state index contributed by atoms with van der Waals surface area (Å²) in [7, 11) is 0. The second kappa shape index (κ2) is 5.32. The van der Waals surface area contributed by atoms with Crippen LogP contribution < -0.4 is 5.32 Å². The summed E-state index contributed by atoms with van der Waals surface area (Å²) in [5.41, 5.74) is 1.83. The Kier molecular flexibility index (Phi) is 3.73. The lowest BCUT2D eigenvalue weighted by Gasteiger charge is -2.47. The van der Waals surface area contributed by atoms with Crippen molar-refractivity contribution < 1.29 is 4.74 Å². The topological polar surface area (TPSA) is 21.3 Å². The van der Waals surface area contributed by atoms with Gasteiger partial charge in [-0.15, -0.1) is 0 Å². The van der Waals surface area contributed by atoms with Gasteiger partial charge in [0.25, 0.3) is 0 Å². The fourth-order valence-corrected chi connectivity index (χ4v) is 3.75. The van der Waals surface area contributed by atoms with Gasteiger partial charge in [0.05, 0.1) is 6.61 Å². The van der Waals surface area contributed by atoms with Crippen molar-refractivity contribution in [1.82, 2.24) is 5.32 Å². The van der Waals surface area contributed by atoms with Gasteiger partial charge in [0, 0.05) is 29.0 Å². The largest absolute Gasteiger partial charge is 0.381 e. The Balaban J connectivity index is 1.89. The highest BCUT2D eigenvalue weighted by Gasteiger charge is 2.42. The van der Waals surface area contributed by atoms with E-state index in [-0.39, 0.29) is 0 Å². The molecule has 2 unspecified atom stereocenters. The second-order valence-electron chi connectivity index (χ2n) is 5.58. The van der Waals surface area contributed by atoms with Crippen molar-refractivity contribution in [2.45, 2.75) is 25.2 Å². The Bertz CT molecular complexity index is 389. The van der Waals surface area contributed by atoms with Crippen LogP contribution in [0.5, 0.6) is 0 Å². The number of ether oxygens (including phenoxy) is 1. The molecule has 98 valence electrons. The third kappa shape index (κ3) is 2.36. The normalized spacial score (nSPS) is 32.6. The molecule has 1 spiro atoms. The van der Waals surface area contributed by atoms with Gasteiger partial charge >= 0.3 is 0 Å². The number of nitrogens with one attached hydrogen (secondary N) is 1. The minimum Gasteiger partial charge on any atom is -0.381 e. The zero-order chi connectivity index (χ0) is 12.4. The van der Waals surface area contributed by atoms with Crippen LogP contribution >= 0.6 is 15.9 Å². The number of piperidine rings is 1. The zero-order valence-electron chi connectivity index (χ0n) is 10.6. The Labute approximate surface area is 117 Å². The Morgan fingerprint density at radius 3 is 2.78 bits per heavy atom. The molecule has 2 fully saturated rings. The summed E-state index contributed by atoms with van der Waals surface area (Å²) in [6, 6.07) is 8.83. The number of benzene rings is 1. The first-order chi connectivity index (χ1) is 8.80. The molecular formula is C15H20BrNO. The maximum Gasteiger partial charge on any atom is 0.0529 e. The summed E-state index contributed by atoms with van der Waals surface area (Å²) in [5.74, 6) is 0.597. The fourth-order valence-electron chi connectivity index (χ4n) is 3.49. The van der Waals surface area contributed by atoms with Crippen LogP contribution in [0.3, 0.4) is 0 Å². The van der Waals surface area contributed by atoms with Gasteiger partial charge in [-0.3, -0.25) is 0 Å². The molecule has 2 atom stereocenters. The molecule has 3 heteroatoms. The first-order valence-corrected chi connectivity index (χ1v) is 7.63. The molecule has 0 amide bonds. The highest BCUT2D eigenvalue weighted by Crippen LogP contribution is 2.46. The van der Waals surface area contributed by atoms with Gasteiger partial charge in [-0.25, -0.2) is 0 Å². The van der Waals surface area contributed by atoms with Crippen molar-refractivity contribution in [3.63, 3.8) is 0 Å². The van der Waals surface area contributed by atoms with Gasteiger partial charge in [-0.05, 0) is 43.5 Å². The van der Waals surface area contributed by atoms with Gasteiger partial charge in [-0.2, -0.15) is 0 Å². The molecule has 2 aliphatic heterocycles. The van der Waals surface area contributed by atoms with Crippen molar-refractivity contribution in [3.05, 3.63) is 34.3 Å². The van der Waals surface area contributed by atoms with Gasteiger partial charge < -0.3 is 10.1 Å².